The number of nitrogens with one attached hydrogen (secondary N) is 1. The molecule has 11 heteroatoms. The van der Waals surface area contributed by atoms with Crippen LogP contribution in [0.5, 0.6) is 0 Å². The summed E-state index contributed by atoms with van der Waals surface area (Å²) < 4.78 is 40.6. The topological polar surface area (TPSA) is 79.6 Å². The normalized spacial score (nSPS) is 15.2. The Morgan fingerprint density at radius 1 is 1.31 bits per heavy atom. The summed E-state index contributed by atoms with van der Waals surface area (Å²) in [6.45, 7) is 0.612. The van der Waals surface area contributed by atoms with Crippen LogP contribution in [0.4, 0.5) is 19.1 Å². The van der Waals surface area contributed by atoms with Gasteiger partial charge in [0.15, 0.2) is 5.65 Å². The molecule has 32 heavy (non-hydrogen) atoms. The van der Waals surface area contributed by atoms with Crippen molar-refractivity contribution < 1.29 is 22.8 Å². The second-order valence-corrected chi connectivity index (χ2v) is 8.92. The van der Waals surface area contributed by atoms with Gasteiger partial charge in [-0.05, 0) is 49.7 Å². The minimum absolute atomic E-state index is 0.0172. The van der Waals surface area contributed by atoms with Gasteiger partial charge in [-0.25, -0.2) is 4.52 Å². The predicted molar refractivity (Wildman–Crippen MR) is 115 cm³/mol. The number of fused-ring (bicyclic) bond motifs is 1. The second kappa shape index (κ2) is 8.28. The molecule has 1 N–H and O–H groups in total. The maximum atomic E-state index is 12.9. The van der Waals surface area contributed by atoms with E-state index < -0.39 is 11.7 Å². The molecular weight excluding hydrogens is 491 g/mol. The zero-order chi connectivity index (χ0) is 23.1. The van der Waals surface area contributed by atoms with Crippen molar-refractivity contribution in [2.24, 2.45) is 0 Å². The first-order valence-corrected chi connectivity index (χ1v) is 10.6. The van der Waals surface area contributed by atoms with E-state index in [4.69, 9.17) is 0 Å². The molecule has 2 aromatic heterocycles. The van der Waals surface area contributed by atoms with Crippen LogP contribution in [-0.2, 0) is 16.4 Å². The molecule has 0 saturated heterocycles. The lowest BCUT2D eigenvalue weighted by atomic mass is 9.91. The zero-order valence-corrected chi connectivity index (χ0v) is 18.6. The Hall–Kier alpha value is -2.79. The van der Waals surface area contributed by atoms with Crippen LogP contribution >= 0.6 is 15.9 Å². The number of benzene rings is 1. The Bertz CT molecular complexity index is 1190. The summed E-state index contributed by atoms with van der Waals surface area (Å²) in [5, 5.41) is 6.52. The highest BCUT2D eigenvalue weighted by Crippen LogP contribution is 2.50. The number of aldehydes is 1. The van der Waals surface area contributed by atoms with Gasteiger partial charge >= 0.3 is 6.18 Å². The van der Waals surface area contributed by atoms with E-state index in [9.17, 15) is 22.8 Å². The number of hydrogen-bond donors (Lipinski definition) is 1. The maximum absolute atomic E-state index is 12.9. The standard InChI is InChI=1S/C21H19BrF3N5O2/c1-29(12-20(5-6-20)16-9-15(22)3-2-13(16)11-31)10-18(32)27-19-26-17-8-14(21(23,24)25)4-7-30(17)28-19/h2-4,7-9,11H,5-6,10,12H2,1H3,(H,27,28,32). The molecule has 0 aliphatic heterocycles. The van der Waals surface area contributed by atoms with Crippen LogP contribution in [0.1, 0.15) is 34.3 Å². The summed E-state index contributed by atoms with van der Waals surface area (Å²) in [7, 11) is 1.80. The van der Waals surface area contributed by atoms with Crippen LogP contribution in [0, 0.1) is 0 Å². The van der Waals surface area contributed by atoms with E-state index in [2.05, 4.69) is 31.3 Å². The van der Waals surface area contributed by atoms with Gasteiger partial charge < -0.3 is 0 Å². The minimum atomic E-state index is -4.49. The smallest absolute Gasteiger partial charge is 0.298 e. The van der Waals surface area contributed by atoms with E-state index in [0.29, 0.717) is 12.1 Å². The minimum Gasteiger partial charge on any atom is -0.298 e. The molecule has 1 amide bonds. The van der Waals surface area contributed by atoms with Crippen molar-refractivity contribution in [1.82, 2.24) is 19.5 Å². The molecular formula is C21H19BrF3N5O2. The number of rotatable bonds is 7. The first-order chi connectivity index (χ1) is 15.1. The van der Waals surface area contributed by atoms with Gasteiger partial charge in [0.1, 0.15) is 6.29 Å². The lowest BCUT2D eigenvalue weighted by Crippen LogP contribution is -2.36. The third-order valence-corrected chi connectivity index (χ3v) is 5.96. The fraction of sp³-hybridized carbons (Fsp3) is 0.333. The molecule has 168 valence electrons. The van der Waals surface area contributed by atoms with Crippen LogP contribution in [0.25, 0.3) is 5.65 Å². The third kappa shape index (κ3) is 4.68. The van der Waals surface area contributed by atoms with Gasteiger partial charge in [-0.3, -0.25) is 19.8 Å². The Labute approximate surface area is 189 Å². The number of nitrogens with zero attached hydrogens (tertiary/aromatic N) is 4. The Kier molecular flexibility index (Phi) is 5.80. The summed E-state index contributed by atoms with van der Waals surface area (Å²) >= 11 is 3.45. The maximum Gasteiger partial charge on any atom is 0.416 e. The number of halogens is 4. The van der Waals surface area contributed by atoms with Gasteiger partial charge in [-0.2, -0.15) is 18.2 Å². The molecule has 0 atom stereocenters. The highest BCUT2D eigenvalue weighted by atomic mass is 79.9. The molecule has 2 heterocycles. The van der Waals surface area contributed by atoms with Crippen molar-refractivity contribution in [2.75, 3.05) is 25.5 Å². The van der Waals surface area contributed by atoms with Crippen molar-refractivity contribution in [3.63, 3.8) is 0 Å². The summed E-state index contributed by atoms with van der Waals surface area (Å²) in [4.78, 5) is 29.7. The molecule has 0 bridgehead atoms. The fourth-order valence-electron chi connectivity index (χ4n) is 3.85. The monoisotopic (exact) mass is 509 g/mol. The number of carbonyl (C=O) groups is 2. The molecule has 1 saturated carbocycles. The quantitative estimate of drug-likeness (QED) is 0.488. The van der Waals surface area contributed by atoms with Crippen molar-refractivity contribution >= 4 is 39.7 Å². The number of hydrogen-bond acceptors (Lipinski definition) is 5. The summed E-state index contributed by atoms with van der Waals surface area (Å²) in [6.07, 6.45) is -0.686. The molecule has 4 rings (SSSR count). The zero-order valence-electron chi connectivity index (χ0n) is 17.0. The van der Waals surface area contributed by atoms with E-state index in [-0.39, 0.29) is 29.5 Å². The van der Waals surface area contributed by atoms with E-state index in [0.717, 1.165) is 47.5 Å². The van der Waals surface area contributed by atoms with E-state index in [1.807, 2.05) is 17.0 Å². The molecule has 7 nitrogen and oxygen atoms in total. The van der Waals surface area contributed by atoms with Crippen molar-refractivity contribution in [3.05, 3.63) is 57.7 Å². The summed E-state index contributed by atoms with van der Waals surface area (Å²) in [5.41, 5.74) is 0.542. The lowest BCUT2D eigenvalue weighted by molar-refractivity contribution is -0.137. The molecule has 0 radical (unpaired) electrons. The number of alkyl halides is 3. The first-order valence-electron chi connectivity index (χ1n) is 9.77. The average molecular weight is 510 g/mol. The van der Waals surface area contributed by atoms with Gasteiger partial charge in [0.2, 0.25) is 11.9 Å². The van der Waals surface area contributed by atoms with Crippen LogP contribution in [0.15, 0.2) is 41.0 Å². The van der Waals surface area contributed by atoms with Crippen molar-refractivity contribution in [3.8, 4) is 0 Å². The third-order valence-electron chi connectivity index (χ3n) is 5.47. The van der Waals surface area contributed by atoms with E-state index >= 15 is 0 Å². The highest BCUT2D eigenvalue weighted by Gasteiger charge is 2.46. The Balaban J connectivity index is 1.41. The SMILES string of the molecule is CN(CC(=O)Nc1nc2cc(C(F)(F)F)ccn2n1)CC1(c2cc(Br)ccc2C=O)CC1. The Morgan fingerprint density at radius 3 is 2.72 bits per heavy atom. The van der Waals surface area contributed by atoms with Gasteiger partial charge in [0, 0.05) is 28.2 Å². The van der Waals surface area contributed by atoms with Crippen molar-refractivity contribution in [2.45, 2.75) is 24.4 Å². The van der Waals surface area contributed by atoms with Gasteiger partial charge in [-0.1, -0.05) is 22.0 Å². The highest BCUT2D eigenvalue weighted by molar-refractivity contribution is 9.10. The first kappa shape index (κ1) is 22.4. The largest absolute Gasteiger partial charge is 0.416 e. The second-order valence-electron chi connectivity index (χ2n) is 8.00. The molecule has 1 aromatic carbocycles. The number of likely N-dealkylation sites (N-methyl/N-ethyl adjacent to an activating group) is 1. The van der Waals surface area contributed by atoms with Crippen LogP contribution in [0.3, 0.4) is 0 Å². The fourth-order valence-corrected chi connectivity index (χ4v) is 4.21. The van der Waals surface area contributed by atoms with Gasteiger partial charge in [0.25, 0.3) is 0 Å². The number of aromatic nitrogens is 3. The number of anilines is 1. The van der Waals surface area contributed by atoms with Crippen LogP contribution in [0.2, 0.25) is 0 Å². The van der Waals surface area contributed by atoms with Crippen LogP contribution < -0.4 is 5.32 Å². The van der Waals surface area contributed by atoms with E-state index in [1.54, 1.807) is 13.1 Å². The molecule has 0 spiro atoms. The number of pyridine rings is 1. The lowest BCUT2D eigenvalue weighted by Gasteiger charge is -2.24. The number of amides is 1. The summed E-state index contributed by atoms with van der Waals surface area (Å²) in [6, 6.07) is 7.30. The predicted octanol–water partition coefficient (Wildman–Crippen LogP) is 3.93. The van der Waals surface area contributed by atoms with Crippen molar-refractivity contribution in [1.29, 1.82) is 0 Å². The molecule has 1 aliphatic rings. The molecule has 3 aromatic rings. The molecule has 1 fully saturated rings. The average Bonchev–Trinajstić information content (AvgIpc) is 3.37. The summed E-state index contributed by atoms with van der Waals surface area (Å²) in [5.74, 6) is -0.459. The van der Waals surface area contributed by atoms with E-state index in [1.165, 1.54) is 4.52 Å². The van der Waals surface area contributed by atoms with Crippen LogP contribution in [-0.4, -0.2) is 51.8 Å². The van der Waals surface area contributed by atoms with Gasteiger partial charge in [-0.15, -0.1) is 5.10 Å². The molecule has 1 aliphatic carbocycles. The number of carbonyl (C=O) groups excluding carboxylic acids is 2. The molecule has 0 unspecified atom stereocenters. The Morgan fingerprint density at radius 2 is 2.06 bits per heavy atom. The van der Waals surface area contributed by atoms with Gasteiger partial charge in [0.05, 0.1) is 12.1 Å².